The van der Waals surface area contributed by atoms with Gasteiger partial charge in [0, 0.05) is 0 Å². The largest absolute Gasteiger partial charge is 0.525 e. The minimum Gasteiger partial charge on any atom is -0.407 e. The molecule has 0 amide bonds. The highest BCUT2D eigenvalue weighted by Gasteiger charge is 2.18. The number of phosphoric acid groups is 2. The standard InChI is InChI=1S/C2H5ClO8P2/c3-2(11-13(7,8)9)1-10-12(4,5)6/h1H,(H2,4,5,6)(H2,7,8,9)/b2-1+. The van der Waals surface area contributed by atoms with Crippen LogP contribution in [0.25, 0.3) is 0 Å². The molecule has 0 saturated carbocycles. The molecule has 11 heteroatoms. The molecular weight excluding hydrogens is 249 g/mol. The smallest absolute Gasteiger partial charge is 0.407 e. The summed E-state index contributed by atoms with van der Waals surface area (Å²) < 4.78 is 27.4. The maximum absolute atomic E-state index is 10.1. The average Bonchev–Trinajstić information content (AvgIpc) is 1.78. The second-order valence-electron chi connectivity index (χ2n) is 1.60. The first-order valence-electron chi connectivity index (χ1n) is 2.45. The molecule has 78 valence electrons. The normalized spacial score (nSPS) is 14.1. The van der Waals surface area contributed by atoms with Gasteiger partial charge in [0.1, 0.15) is 6.26 Å². The topological polar surface area (TPSA) is 134 Å². The summed E-state index contributed by atoms with van der Waals surface area (Å²) in [6, 6.07) is 0. The van der Waals surface area contributed by atoms with Crippen molar-refractivity contribution in [3.63, 3.8) is 0 Å². The van der Waals surface area contributed by atoms with Crippen LogP contribution >= 0.6 is 27.2 Å². The van der Waals surface area contributed by atoms with Crippen LogP contribution in [0.1, 0.15) is 0 Å². The first-order chi connectivity index (χ1) is 5.60. The number of rotatable bonds is 4. The molecule has 0 aromatic heterocycles. The van der Waals surface area contributed by atoms with Crippen molar-refractivity contribution in [3.05, 3.63) is 11.5 Å². The molecule has 0 fully saturated rings. The second kappa shape index (κ2) is 4.43. The van der Waals surface area contributed by atoms with Gasteiger partial charge in [0.05, 0.1) is 0 Å². The summed E-state index contributed by atoms with van der Waals surface area (Å²) in [5.74, 6) is 0. The molecule has 0 spiro atoms. The van der Waals surface area contributed by atoms with Crippen LogP contribution in [0, 0.1) is 0 Å². The third kappa shape index (κ3) is 9.85. The van der Waals surface area contributed by atoms with Gasteiger partial charge in [-0.1, -0.05) is 0 Å². The monoisotopic (exact) mass is 254 g/mol. The molecule has 8 nitrogen and oxygen atoms in total. The summed E-state index contributed by atoms with van der Waals surface area (Å²) >= 11 is 4.95. The first kappa shape index (κ1) is 12.9. The number of phosphoric ester groups is 2. The van der Waals surface area contributed by atoms with Gasteiger partial charge in [-0.15, -0.1) is 0 Å². The van der Waals surface area contributed by atoms with Gasteiger partial charge in [-0.3, -0.25) is 19.6 Å². The Kier molecular flexibility index (Phi) is 4.41. The van der Waals surface area contributed by atoms with Crippen molar-refractivity contribution in [3.8, 4) is 0 Å². The van der Waals surface area contributed by atoms with Crippen LogP contribution in [0.4, 0.5) is 0 Å². The molecule has 0 aliphatic rings. The zero-order chi connectivity index (χ0) is 10.7. The maximum atomic E-state index is 10.1. The zero-order valence-electron chi connectivity index (χ0n) is 5.77. The molecule has 0 saturated heterocycles. The highest BCUT2D eigenvalue weighted by Crippen LogP contribution is 2.42. The lowest BCUT2D eigenvalue weighted by Gasteiger charge is -2.05. The van der Waals surface area contributed by atoms with E-state index in [2.05, 4.69) is 9.05 Å². The minimum atomic E-state index is -4.84. The Labute approximate surface area is 77.2 Å². The molecule has 0 aliphatic heterocycles. The molecule has 0 radical (unpaired) electrons. The minimum absolute atomic E-state index is 0.182. The third-order valence-corrected chi connectivity index (χ3v) is 1.58. The van der Waals surface area contributed by atoms with E-state index < -0.39 is 20.9 Å². The van der Waals surface area contributed by atoms with Crippen LogP contribution < -0.4 is 0 Å². The second-order valence-corrected chi connectivity index (χ2v) is 4.33. The van der Waals surface area contributed by atoms with Crippen molar-refractivity contribution in [2.45, 2.75) is 0 Å². The third-order valence-electron chi connectivity index (χ3n) is 0.489. The molecule has 0 aliphatic carbocycles. The van der Waals surface area contributed by atoms with E-state index in [-0.39, 0.29) is 6.26 Å². The van der Waals surface area contributed by atoms with E-state index in [1.807, 2.05) is 0 Å². The Bertz CT molecular complexity index is 285. The van der Waals surface area contributed by atoms with Crippen LogP contribution in [-0.2, 0) is 18.2 Å². The molecule has 0 aromatic carbocycles. The number of hydrogen-bond acceptors (Lipinski definition) is 4. The molecule has 0 atom stereocenters. The lowest BCUT2D eigenvalue weighted by molar-refractivity contribution is 0.231. The average molecular weight is 254 g/mol. The zero-order valence-corrected chi connectivity index (χ0v) is 8.32. The fourth-order valence-electron chi connectivity index (χ4n) is 0.245. The summed E-state index contributed by atoms with van der Waals surface area (Å²) in [7, 11) is -9.62. The predicted molar refractivity (Wildman–Crippen MR) is 40.2 cm³/mol. The Morgan fingerprint density at radius 1 is 1.15 bits per heavy atom. The molecule has 0 aromatic rings. The molecule has 0 heterocycles. The summed E-state index contributed by atoms with van der Waals surface area (Å²) in [6.45, 7) is 0. The summed E-state index contributed by atoms with van der Waals surface area (Å²) in [4.78, 5) is 32.5. The van der Waals surface area contributed by atoms with Gasteiger partial charge >= 0.3 is 15.6 Å². The summed E-state index contributed by atoms with van der Waals surface area (Å²) in [5.41, 5.74) is 0. The molecule has 0 rings (SSSR count). The quantitative estimate of drug-likeness (QED) is 0.414. The molecule has 0 bridgehead atoms. The van der Waals surface area contributed by atoms with Gasteiger partial charge in [-0.05, 0) is 11.6 Å². The summed E-state index contributed by atoms with van der Waals surface area (Å²) in [5, 5.41) is -0.975. The van der Waals surface area contributed by atoms with Gasteiger partial charge < -0.3 is 9.05 Å². The molecule has 4 N–H and O–H groups in total. The van der Waals surface area contributed by atoms with Crippen molar-refractivity contribution in [2.24, 2.45) is 0 Å². The Morgan fingerprint density at radius 3 is 1.92 bits per heavy atom. The van der Waals surface area contributed by atoms with Crippen LogP contribution in [0.3, 0.4) is 0 Å². The van der Waals surface area contributed by atoms with Crippen molar-refractivity contribution in [2.75, 3.05) is 0 Å². The van der Waals surface area contributed by atoms with Crippen LogP contribution in [0.15, 0.2) is 11.5 Å². The van der Waals surface area contributed by atoms with Gasteiger partial charge in [0.25, 0.3) is 0 Å². The van der Waals surface area contributed by atoms with E-state index >= 15 is 0 Å². The number of hydrogen-bond donors (Lipinski definition) is 4. The van der Waals surface area contributed by atoms with Crippen molar-refractivity contribution >= 4 is 27.2 Å². The van der Waals surface area contributed by atoms with Gasteiger partial charge in [0.2, 0.25) is 5.22 Å². The fourth-order valence-corrected chi connectivity index (χ4v) is 1.12. The van der Waals surface area contributed by atoms with E-state index in [1.54, 1.807) is 0 Å². The van der Waals surface area contributed by atoms with E-state index in [0.717, 1.165) is 0 Å². The van der Waals surface area contributed by atoms with Crippen molar-refractivity contribution < 1.29 is 37.8 Å². The molecule has 13 heavy (non-hydrogen) atoms. The van der Waals surface area contributed by atoms with Gasteiger partial charge in [0.15, 0.2) is 0 Å². The van der Waals surface area contributed by atoms with Crippen molar-refractivity contribution in [1.29, 1.82) is 0 Å². The van der Waals surface area contributed by atoms with Crippen molar-refractivity contribution in [1.82, 2.24) is 0 Å². The van der Waals surface area contributed by atoms with Crippen LogP contribution in [-0.4, -0.2) is 19.6 Å². The highest BCUT2D eigenvalue weighted by atomic mass is 35.5. The van der Waals surface area contributed by atoms with Crippen LogP contribution in [0.5, 0.6) is 0 Å². The first-order valence-corrected chi connectivity index (χ1v) is 5.89. The molecule has 0 unspecified atom stereocenters. The molecular formula is C2H5ClO8P2. The SMILES string of the molecule is O=P(O)(O)O/C=C(\Cl)OP(=O)(O)O. The Balaban J connectivity index is 4.21. The lowest BCUT2D eigenvalue weighted by atomic mass is 11.1. The van der Waals surface area contributed by atoms with Gasteiger partial charge in [-0.25, -0.2) is 9.13 Å². The Hall–Kier alpha value is -0.0700. The fraction of sp³-hybridized carbons (Fsp3) is 0. The van der Waals surface area contributed by atoms with Crippen LogP contribution in [0.2, 0.25) is 0 Å². The highest BCUT2D eigenvalue weighted by molar-refractivity contribution is 7.46. The van der Waals surface area contributed by atoms with E-state index in [4.69, 9.17) is 31.2 Å². The number of halogens is 1. The van der Waals surface area contributed by atoms with E-state index in [1.165, 1.54) is 0 Å². The Morgan fingerprint density at radius 2 is 1.62 bits per heavy atom. The van der Waals surface area contributed by atoms with E-state index in [9.17, 15) is 9.13 Å². The summed E-state index contributed by atoms with van der Waals surface area (Å²) in [6.07, 6.45) is 0.182. The lowest BCUT2D eigenvalue weighted by Crippen LogP contribution is -1.86. The maximum Gasteiger partial charge on any atom is 0.525 e. The predicted octanol–water partition coefficient (Wildman–Crippen LogP) is 0.243. The van der Waals surface area contributed by atoms with Gasteiger partial charge in [-0.2, -0.15) is 0 Å². The van der Waals surface area contributed by atoms with E-state index in [0.29, 0.717) is 0 Å².